The van der Waals surface area contributed by atoms with E-state index in [2.05, 4.69) is 5.32 Å². The van der Waals surface area contributed by atoms with E-state index in [1.54, 1.807) is 0 Å². The largest absolute Gasteiger partial charge is 0.483 e. The van der Waals surface area contributed by atoms with Crippen LogP contribution in [0.1, 0.15) is 42.5 Å². The molecule has 1 aromatic carbocycles. The van der Waals surface area contributed by atoms with Crippen molar-refractivity contribution in [3.05, 3.63) is 28.8 Å². The lowest BCUT2D eigenvalue weighted by Crippen LogP contribution is -2.39. The normalized spacial score (nSPS) is 15.5. The lowest BCUT2D eigenvalue weighted by atomic mass is 9.95. The maximum atomic E-state index is 11.8. The summed E-state index contributed by atoms with van der Waals surface area (Å²) >= 11 is 5.82. The number of hydrogen-bond acceptors (Lipinski definition) is 3. The molecule has 6 heteroatoms. The smallest absolute Gasteiger partial charge is 0.339 e. The number of halogens is 1. The molecule has 0 saturated heterocycles. The van der Waals surface area contributed by atoms with Crippen molar-refractivity contribution < 1.29 is 19.4 Å². The lowest BCUT2D eigenvalue weighted by Gasteiger charge is -2.22. The fraction of sp³-hybridized carbons (Fsp3) is 0.467. The number of benzene rings is 1. The van der Waals surface area contributed by atoms with E-state index in [0.717, 1.165) is 25.7 Å². The Labute approximate surface area is 128 Å². The van der Waals surface area contributed by atoms with Crippen LogP contribution >= 0.6 is 11.6 Å². The molecule has 0 aromatic heterocycles. The van der Waals surface area contributed by atoms with Crippen molar-refractivity contribution in [2.75, 3.05) is 6.61 Å². The number of aromatic carboxylic acids is 1. The average Bonchev–Trinajstić information content (AvgIpc) is 2.46. The Morgan fingerprint density at radius 3 is 2.67 bits per heavy atom. The summed E-state index contributed by atoms with van der Waals surface area (Å²) in [6.45, 7) is -0.211. The molecule has 1 amide bonds. The average molecular weight is 312 g/mol. The van der Waals surface area contributed by atoms with Gasteiger partial charge >= 0.3 is 5.97 Å². The van der Waals surface area contributed by atoms with Gasteiger partial charge in [0.1, 0.15) is 11.3 Å². The number of carboxylic acid groups (broad SMARTS) is 1. The highest BCUT2D eigenvalue weighted by Gasteiger charge is 2.17. The second-order valence-corrected chi connectivity index (χ2v) is 5.57. The van der Waals surface area contributed by atoms with Crippen molar-refractivity contribution in [3.8, 4) is 5.75 Å². The van der Waals surface area contributed by atoms with Crippen LogP contribution in [0.3, 0.4) is 0 Å². The third kappa shape index (κ3) is 4.63. The van der Waals surface area contributed by atoms with Gasteiger partial charge in [0.25, 0.3) is 5.91 Å². The summed E-state index contributed by atoms with van der Waals surface area (Å²) in [6, 6.07) is 4.44. The summed E-state index contributed by atoms with van der Waals surface area (Å²) in [4.78, 5) is 22.9. The highest BCUT2D eigenvalue weighted by atomic mass is 35.5. The summed E-state index contributed by atoms with van der Waals surface area (Å²) in [6.07, 6.45) is 5.45. The molecule has 0 spiro atoms. The molecule has 1 saturated carbocycles. The molecule has 0 heterocycles. The van der Waals surface area contributed by atoms with Crippen LogP contribution in [0.5, 0.6) is 5.75 Å². The molecule has 0 unspecified atom stereocenters. The van der Waals surface area contributed by atoms with Crippen molar-refractivity contribution in [1.29, 1.82) is 0 Å². The van der Waals surface area contributed by atoms with Crippen LogP contribution in [-0.2, 0) is 4.79 Å². The minimum Gasteiger partial charge on any atom is -0.483 e. The van der Waals surface area contributed by atoms with Gasteiger partial charge in [-0.15, -0.1) is 0 Å². The summed E-state index contributed by atoms with van der Waals surface area (Å²) in [5.74, 6) is -1.25. The topological polar surface area (TPSA) is 75.6 Å². The van der Waals surface area contributed by atoms with Crippen LogP contribution in [-0.4, -0.2) is 29.6 Å². The summed E-state index contributed by atoms with van der Waals surface area (Å²) in [5, 5.41) is 12.3. The van der Waals surface area contributed by atoms with Crippen LogP contribution in [0.4, 0.5) is 0 Å². The second-order valence-electron chi connectivity index (χ2n) is 5.14. The van der Waals surface area contributed by atoms with Gasteiger partial charge in [-0.05, 0) is 31.0 Å². The van der Waals surface area contributed by atoms with E-state index in [9.17, 15) is 9.59 Å². The van der Waals surface area contributed by atoms with E-state index in [1.165, 1.54) is 24.6 Å². The highest BCUT2D eigenvalue weighted by Crippen LogP contribution is 2.23. The zero-order valence-electron chi connectivity index (χ0n) is 11.6. The third-order valence-corrected chi connectivity index (χ3v) is 3.74. The highest BCUT2D eigenvalue weighted by molar-refractivity contribution is 6.30. The predicted molar refractivity (Wildman–Crippen MR) is 78.9 cm³/mol. The van der Waals surface area contributed by atoms with Gasteiger partial charge in [-0.25, -0.2) is 4.79 Å². The minimum absolute atomic E-state index is 0.00938. The first-order valence-electron chi connectivity index (χ1n) is 7.01. The van der Waals surface area contributed by atoms with Gasteiger partial charge in [0.15, 0.2) is 6.61 Å². The van der Waals surface area contributed by atoms with Gasteiger partial charge in [-0.3, -0.25) is 4.79 Å². The molecule has 2 rings (SSSR count). The van der Waals surface area contributed by atoms with Crippen molar-refractivity contribution in [3.63, 3.8) is 0 Å². The molecule has 0 aliphatic heterocycles. The van der Waals surface area contributed by atoms with Crippen LogP contribution in [0.25, 0.3) is 0 Å². The van der Waals surface area contributed by atoms with E-state index >= 15 is 0 Å². The number of hydrogen-bond donors (Lipinski definition) is 2. The molecular weight excluding hydrogens is 294 g/mol. The fourth-order valence-electron chi connectivity index (χ4n) is 2.45. The molecule has 2 N–H and O–H groups in total. The van der Waals surface area contributed by atoms with Crippen molar-refractivity contribution >= 4 is 23.5 Å². The van der Waals surface area contributed by atoms with Crippen molar-refractivity contribution in [2.24, 2.45) is 0 Å². The number of carboxylic acids is 1. The van der Waals surface area contributed by atoms with E-state index in [0.29, 0.717) is 5.02 Å². The Hall–Kier alpha value is -1.75. The molecule has 1 aliphatic rings. The van der Waals surface area contributed by atoms with Crippen LogP contribution in [0.2, 0.25) is 5.02 Å². The van der Waals surface area contributed by atoms with Gasteiger partial charge in [-0.1, -0.05) is 30.9 Å². The van der Waals surface area contributed by atoms with Crippen LogP contribution < -0.4 is 10.1 Å². The molecule has 1 aliphatic carbocycles. The molecule has 1 fully saturated rings. The van der Waals surface area contributed by atoms with E-state index in [1.807, 2.05) is 0 Å². The van der Waals surface area contributed by atoms with Gasteiger partial charge in [0.2, 0.25) is 0 Å². The molecule has 1 aromatic rings. The zero-order chi connectivity index (χ0) is 15.2. The zero-order valence-corrected chi connectivity index (χ0v) is 12.4. The van der Waals surface area contributed by atoms with Crippen LogP contribution in [0.15, 0.2) is 18.2 Å². The summed E-state index contributed by atoms with van der Waals surface area (Å²) < 4.78 is 5.31. The second kappa shape index (κ2) is 7.31. The Bertz CT molecular complexity index is 526. The molecule has 114 valence electrons. The van der Waals surface area contributed by atoms with Crippen molar-refractivity contribution in [2.45, 2.75) is 38.1 Å². The van der Waals surface area contributed by atoms with E-state index in [-0.39, 0.29) is 29.9 Å². The summed E-state index contributed by atoms with van der Waals surface area (Å²) in [7, 11) is 0. The van der Waals surface area contributed by atoms with Gasteiger partial charge in [0.05, 0.1) is 0 Å². The maximum absolute atomic E-state index is 11.8. The standard InChI is InChI=1S/C15H18ClNO4/c16-10-6-7-12(15(19)20)13(8-10)21-9-14(18)17-11-4-2-1-3-5-11/h6-8,11H,1-5,9H2,(H,17,18)(H,19,20). The van der Waals surface area contributed by atoms with E-state index in [4.69, 9.17) is 21.4 Å². The predicted octanol–water partition coefficient (Wildman–Crippen LogP) is 2.87. The molecule has 5 nitrogen and oxygen atoms in total. The lowest BCUT2D eigenvalue weighted by molar-refractivity contribution is -0.124. The van der Waals surface area contributed by atoms with Crippen molar-refractivity contribution in [1.82, 2.24) is 5.32 Å². The van der Waals surface area contributed by atoms with E-state index < -0.39 is 5.97 Å². The van der Waals surface area contributed by atoms with Gasteiger partial charge in [0, 0.05) is 11.1 Å². The first kappa shape index (κ1) is 15.6. The number of nitrogens with one attached hydrogen (secondary N) is 1. The third-order valence-electron chi connectivity index (χ3n) is 3.50. The van der Waals surface area contributed by atoms with Crippen LogP contribution in [0, 0.1) is 0 Å². The number of amides is 1. The van der Waals surface area contributed by atoms with Gasteiger partial charge < -0.3 is 15.2 Å². The SMILES string of the molecule is O=C(COc1cc(Cl)ccc1C(=O)O)NC1CCCCC1. The number of carbonyl (C=O) groups excluding carboxylic acids is 1. The number of ether oxygens (including phenoxy) is 1. The molecule has 0 bridgehead atoms. The maximum Gasteiger partial charge on any atom is 0.339 e. The van der Waals surface area contributed by atoms with Gasteiger partial charge in [-0.2, -0.15) is 0 Å². The minimum atomic E-state index is -1.12. The monoisotopic (exact) mass is 311 g/mol. The quantitative estimate of drug-likeness (QED) is 0.876. The summed E-state index contributed by atoms with van der Waals surface area (Å²) in [5.41, 5.74) is -0.00938. The molecular formula is C15H18ClNO4. The fourth-order valence-corrected chi connectivity index (χ4v) is 2.61. The first-order valence-corrected chi connectivity index (χ1v) is 7.39. The number of carbonyl (C=O) groups is 2. The molecule has 21 heavy (non-hydrogen) atoms. The number of rotatable bonds is 5. The molecule has 0 radical (unpaired) electrons. The Balaban J connectivity index is 1.91. The Morgan fingerprint density at radius 2 is 2.00 bits per heavy atom. The Morgan fingerprint density at radius 1 is 1.29 bits per heavy atom. The first-order chi connectivity index (χ1) is 10.1. The Kier molecular flexibility index (Phi) is 5.44. The molecule has 0 atom stereocenters.